The molecule has 126 valence electrons. The molecule has 0 unspecified atom stereocenters. The van der Waals surface area contributed by atoms with Gasteiger partial charge in [0.25, 0.3) is 0 Å². The molecule has 1 heteroatoms. The number of aromatic nitrogens is 1. The lowest BCUT2D eigenvalue weighted by molar-refractivity contribution is 1.57. The van der Waals surface area contributed by atoms with Gasteiger partial charge in [0.05, 0.1) is 5.52 Å². The number of benzene rings is 5. The number of aromatic amines is 1. The van der Waals surface area contributed by atoms with E-state index >= 15 is 0 Å². The monoisotopic (exact) mass is 343 g/mol. The Hall–Kier alpha value is -3.58. The van der Waals surface area contributed by atoms with Gasteiger partial charge in [0.15, 0.2) is 0 Å². The molecule has 0 amide bonds. The normalized spacial score (nSPS) is 11.7. The number of rotatable bonds is 1. The molecule has 1 heterocycles. The molecule has 27 heavy (non-hydrogen) atoms. The van der Waals surface area contributed by atoms with Crippen molar-refractivity contribution in [3.63, 3.8) is 0 Å². The van der Waals surface area contributed by atoms with Crippen molar-refractivity contribution in [1.82, 2.24) is 4.98 Å². The second-order valence-electron chi connectivity index (χ2n) is 7.13. The molecular formula is C26H17N. The molecule has 0 aliphatic carbocycles. The lowest BCUT2D eigenvalue weighted by Crippen LogP contribution is -1.82. The second kappa shape index (κ2) is 5.46. The van der Waals surface area contributed by atoms with Crippen LogP contribution in [0.2, 0.25) is 0 Å². The number of fused-ring (bicyclic) bond motifs is 6. The molecule has 0 atom stereocenters. The Bertz CT molecular complexity index is 1460. The first kappa shape index (κ1) is 14.6. The fourth-order valence-corrected chi connectivity index (χ4v) is 4.29. The van der Waals surface area contributed by atoms with E-state index in [2.05, 4.69) is 102 Å². The van der Waals surface area contributed by atoms with E-state index in [9.17, 15) is 0 Å². The molecule has 1 aromatic heterocycles. The van der Waals surface area contributed by atoms with Crippen LogP contribution in [0, 0.1) is 0 Å². The Morgan fingerprint density at radius 1 is 0.519 bits per heavy atom. The zero-order chi connectivity index (χ0) is 17.8. The summed E-state index contributed by atoms with van der Waals surface area (Å²) < 4.78 is 0. The number of nitrogens with one attached hydrogen (secondary N) is 1. The van der Waals surface area contributed by atoms with Crippen molar-refractivity contribution >= 4 is 43.4 Å². The predicted octanol–water partition coefficient (Wildman–Crippen LogP) is 7.29. The van der Waals surface area contributed by atoms with Gasteiger partial charge in [0, 0.05) is 21.7 Å². The van der Waals surface area contributed by atoms with Crippen LogP contribution in [0.4, 0.5) is 0 Å². The van der Waals surface area contributed by atoms with E-state index in [4.69, 9.17) is 0 Å². The third-order valence-electron chi connectivity index (χ3n) is 5.55. The van der Waals surface area contributed by atoms with E-state index in [1.807, 2.05) is 0 Å². The van der Waals surface area contributed by atoms with Crippen LogP contribution in [0.1, 0.15) is 0 Å². The van der Waals surface area contributed by atoms with Crippen molar-refractivity contribution in [2.45, 2.75) is 0 Å². The smallest absolute Gasteiger partial charge is 0.0550 e. The molecule has 6 aromatic rings. The van der Waals surface area contributed by atoms with Crippen LogP contribution in [0.5, 0.6) is 0 Å². The molecule has 1 nitrogen and oxygen atoms in total. The first-order valence-electron chi connectivity index (χ1n) is 9.30. The molecule has 0 aliphatic rings. The third kappa shape index (κ3) is 2.12. The van der Waals surface area contributed by atoms with Crippen LogP contribution < -0.4 is 0 Å². The molecule has 0 aliphatic heterocycles. The van der Waals surface area contributed by atoms with Crippen LogP contribution in [-0.4, -0.2) is 4.98 Å². The number of hydrogen-bond acceptors (Lipinski definition) is 0. The standard InChI is InChI=1S/C26H17N/c1-2-8-17(9-3-1)22-15-20-12-6-7-13-21(20)26-25(22)23-14-18-10-4-5-11-19(18)16-24(23)27-26/h1-16,27H. The molecule has 6 rings (SSSR count). The van der Waals surface area contributed by atoms with Crippen molar-refractivity contribution in [3.8, 4) is 11.1 Å². The Morgan fingerprint density at radius 2 is 1.19 bits per heavy atom. The van der Waals surface area contributed by atoms with Crippen LogP contribution in [-0.2, 0) is 0 Å². The minimum absolute atomic E-state index is 1.19. The van der Waals surface area contributed by atoms with Crippen molar-refractivity contribution in [1.29, 1.82) is 0 Å². The van der Waals surface area contributed by atoms with Crippen molar-refractivity contribution in [3.05, 3.63) is 97.1 Å². The van der Waals surface area contributed by atoms with E-state index < -0.39 is 0 Å². The zero-order valence-electron chi connectivity index (χ0n) is 14.7. The molecular weight excluding hydrogens is 326 g/mol. The van der Waals surface area contributed by atoms with Gasteiger partial charge < -0.3 is 4.98 Å². The maximum Gasteiger partial charge on any atom is 0.0550 e. The van der Waals surface area contributed by atoms with Gasteiger partial charge in [0.1, 0.15) is 0 Å². The predicted molar refractivity (Wildman–Crippen MR) is 116 cm³/mol. The summed E-state index contributed by atoms with van der Waals surface area (Å²) in [7, 11) is 0. The molecule has 0 saturated carbocycles. The highest BCUT2D eigenvalue weighted by Gasteiger charge is 2.14. The maximum atomic E-state index is 3.72. The average molecular weight is 343 g/mol. The van der Waals surface area contributed by atoms with E-state index in [1.54, 1.807) is 0 Å². The maximum absolute atomic E-state index is 3.72. The summed E-state index contributed by atoms with van der Waals surface area (Å²) in [6.07, 6.45) is 0. The van der Waals surface area contributed by atoms with Gasteiger partial charge in [-0.25, -0.2) is 0 Å². The quantitative estimate of drug-likeness (QED) is 0.322. The van der Waals surface area contributed by atoms with Gasteiger partial charge in [-0.1, -0.05) is 78.9 Å². The molecule has 1 N–H and O–H groups in total. The van der Waals surface area contributed by atoms with Gasteiger partial charge in [0.2, 0.25) is 0 Å². The second-order valence-corrected chi connectivity index (χ2v) is 7.13. The first-order chi connectivity index (χ1) is 13.4. The fraction of sp³-hybridized carbons (Fsp3) is 0. The Balaban J connectivity index is 1.87. The minimum atomic E-state index is 1.19. The molecule has 0 spiro atoms. The van der Waals surface area contributed by atoms with E-state index in [1.165, 1.54) is 54.5 Å². The minimum Gasteiger partial charge on any atom is -0.354 e. The van der Waals surface area contributed by atoms with Gasteiger partial charge in [-0.05, 0) is 45.5 Å². The SMILES string of the molecule is c1ccc(-c2cc3ccccc3c3[nH]c4cc5ccccc5cc4c23)cc1. The summed E-state index contributed by atoms with van der Waals surface area (Å²) >= 11 is 0. The summed E-state index contributed by atoms with van der Waals surface area (Å²) in [6.45, 7) is 0. The fourth-order valence-electron chi connectivity index (χ4n) is 4.29. The van der Waals surface area contributed by atoms with Crippen molar-refractivity contribution < 1.29 is 0 Å². The van der Waals surface area contributed by atoms with E-state index in [-0.39, 0.29) is 0 Å². The van der Waals surface area contributed by atoms with E-state index in [0.29, 0.717) is 0 Å². The zero-order valence-corrected chi connectivity index (χ0v) is 14.7. The van der Waals surface area contributed by atoms with Crippen molar-refractivity contribution in [2.24, 2.45) is 0 Å². The summed E-state index contributed by atoms with van der Waals surface area (Å²) in [6, 6.07) is 34.8. The lowest BCUT2D eigenvalue weighted by atomic mass is 9.95. The molecule has 0 fully saturated rings. The summed E-state index contributed by atoms with van der Waals surface area (Å²) in [4.78, 5) is 3.72. The van der Waals surface area contributed by atoms with Crippen molar-refractivity contribution in [2.75, 3.05) is 0 Å². The lowest BCUT2D eigenvalue weighted by Gasteiger charge is -2.08. The molecule has 0 saturated heterocycles. The highest BCUT2D eigenvalue weighted by Crippen LogP contribution is 2.40. The molecule has 5 aromatic carbocycles. The average Bonchev–Trinajstić information content (AvgIpc) is 3.11. The Kier molecular flexibility index (Phi) is 2.95. The van der Waals surface area contributed by atoms with Gasteiger partial charge >= 0.3 is 0 Å². The molecule has 0 bridgehead atoms. The van der Waals surface area contributed by atoms with Crippen LogP contribution in [0.3, 0.4) is 0 Å². The highest BCUT2D eigenvalue weighted by atomic mass is 14.7. The Labute approximate surface area is 156 Å². The summed E-state index contributed by atoms with van der Waals surface area (Å²) in [5.41, 5.74) is 4.95. The summed E-state index contributed by atoms with van der Waals surface area (Å²) in [5, 5.41) is 7.67. The third-order valence-corrected chi connectivity index (χ3v) is 5.55. The van der Waals surface area contributed by atoms with E-state index in [0.717, 1.165) is 0 Å². The van der Waals surface area contributed by atoms with Gasteiger partial charge in [-0.15, -0.1) is 0 Å². The summed E-state index contributed by atoms with van der Waals surface area (Å²) in [5.74, 6) is 0. The molecule has 0 radical (unpaired) electrons. The first-order valence-corrected chi connectivity index (χ1v) is 9.30. The Morgan fingerprint density at radius 3 is 2.00 bits per heavy atom. The van der Waals surface area contributed by atoms with Gasteiger partial charge in [-0.2, -0.15) is 0 Å². The van der Waals surface area contributed by atoms with Crippen LogP contribution in [0.15, 0.2) is 97.1 Å². The number of hydrogen-bond donors (Lipinski definition) is 1. The topological polar surface area (TPSA) is 15.8 Å². The largest absolute Gasteiger partial charge is 0.354 e. The number of H-pyrrole nitrogens is 1. The van der Waals surface area contributed by atoms with Crippen LogP contribution >= 0.6 is 0 Å². The highest BCUT2D eigenvalue weighted by molar-refractivity contribution is 6.24. The van der Waals surface area contributed by atoms with Gasteiger partial charge in [-0.3, -0.25) is 0 Å². The van der Waals surface area contributed by atoms with Crippen LogP contribution in [0.25, 0.3) is 54.5 Å².